The van der Waals surface area contributed by atoms with E-state index in [-0.39, 0.29) is 25.9 Å². The monoisotopic (exact) mass is 1010 g/mol. The number of carbonyl (C=O) groups excluding carboxylic acids is 3. The quantitative estimate of drug-likeness (QED) is 0.0197. The Hall–Kier alpha value is -2.30. The largest absolute Gasteiger partial charge is 0.472 e. The Bertz CT molecular complexity index is 1320. The van der Waals surface area contributed by atoms with Gasteiger partial charge in [-0.15, -0.1) is 0 Å². The maximum atomic E-state index is 12.9. The molecule has 0 rings (SSSR count). The van der Waals surface area contributed by atoms with E-state index in [9.17, 15) is 28.9 Å². The number of carbonyl (C=O) groups is 3. The number of phosphoric acid groups is 1. The lowest BCUT2D eigenvalue weighted by Gasteiger charge is -2.21. The molecule has 0 aliphatic carbocycles. The van der Waals surface area contributed by atoms with Gasteiger partial charge in [-0.2, -0.15) is 0 Å². The van der Waals surface area contributed by atoms with Crippen LogP contribution < -0.4 is 0 Å². The normalized spacial score (nSPS) is 13.6. The van der Waals surface area contributed by atoms with Crippen LogP contribution in [0.25, 0.3) is 0 Å². The number of esters is 3. The molecule has 0 heterocycles. The molecule has 0 aromatic rings. The van der Waals surface area contributed by atoms with Crippen LogP contribution in [-0.4, -0.2) is 66.5 Å². The minimum absolute atomic E-state index is 0.169. The minimum Gasteiger partial charge on any atom is -0.462 e. The highest BCUT2D eigenvalue weighted by Gasteiger charge is 2.28. The zero-order valence-electron chi connectivity index (χ0n) is 45.2. The molecule has 3 atom stereocenters. The van der Waals surface area contributed by atoms with E-state index in [1.807, 2.05) is 0 Å². The number of ether oxygens (including phenoxy) is 3. The molecule has 70 heavy (non-hydrogen) atoms. The molecule has 0 amide bonds. The van der Waals surface area contributed by atoms with Crippen LogP contribution in [0.3, 0.4) is 0 Å². The summed E-state index contributed by atoms with van der Waals surface area (Å²) < 4.78 is 39.5. The van der Waals surface area contributed by atoms with Gasteiger partial charge in [-0.05, 0) is 70.6 Å². The first-order chi connectivity index (χ1) is 34.2. The van der Waals surface area contributed by atoms with E-state index in [1.165, 1.54) is 128 Å². The molecule has 0 saturated carbocycles. The van der Waals surface area contributed by atoms with E-state index in [0.717, 1.165) is 89.9 Å². The Balaban J connectivity index is 4.71. The number of hydrogen-bond donors (Lipinski definition) is 2. The van der Waals surface area contributed by atoms with Crippen molar-refractivity contribution in [3.8, 4) is 0 Å². The van der Waals surface area contributed by atoms with Gasteiger partial charge in [-0.3, -0.25) is 23.4 Å². The summed E-state index contributed by atoms with van der Waals surface area (Å²) in [6, 6.07) is 0. The summed E-state index contributed by atoms with van der Waals surface area (Å²) in [4.78, 5) is 48.5. The fraction of sp³-hybridized carbons (Fsp3) is 0.845. The van der Waals surface area contributed by atoms with Gasteiger partial charge in [0, 0.05) is 19.3 Å². The molecule has 12 heteroatoms. The van der Waals surface area contributed by atoms with Crippen LogP contribution in [0.15, 0.2) is 36.5 Å². The summed E-state index contributed by atoms with van der Waals surface area (Å²) in [7, 11) is -4.74. The molecule has 3 unspecified atom stereocenters. The lowest BCUT2D eigenvalue weighted by molar-refractivity contribution is -0.161. The SMILES string of the molecule is CCCC/C=C\CCCCCCCC(=O)OC(CO)COP(=O)(O)OCC(COC(=O)CCCCCCCCC/C=C\C/C=C\CCCCC)OC(=O)CCCCCCCCCCCCCCCCC. The number of aliphatic hydroxyl groups excluding tert-OH is 1. The number of hydrogen-bond acceptors (Lipinski definition) is 10. The van der Waals surface area contributed by atoms with E-state index in [4.69, 9.17) is 23.3 Å². The van der Waals surface area contributed by atoms with Gasteiger partial charge in [0.15, 0.2) is 6.10 Å². The van der Waals surface area contributed by atoms with Gasteiger partial charge in [0.25, 0.3) is 0 Å². The van der Waals surface area contributed by atoms with Crippen LogP contribution >= 0.6 is 7.82 Å². The third-order valence-corrected chi connectivity index (χ3v) is 13.5. The second kappa shape index (κ2) is 53.0. The van der Waals surface area contributed by atoms with Crippen LogP contribution in [-0.2, 0) is 42.2 Å². The minimum atomic E-state index is -4.74. The van der Waals surface area contributed by atoms with E-state index in [0.29, 0.717) is 19.3 Å². The zero-order valence-corrected chi connectivity index (χ0v) is 46.1. The Morgan fingerprint density at radius 1 is 0.400 bits per heavy atom. The molecule has 11 nitrogen and oxygen atoms in total. The van der Waals surface area contributed by atoms with Crippen LogP contribution in [0.5, 0.6) is 0 Å². The maximum absolute atomic E-state index is 12.9. The summed E-state index contributed by atoms with van der Waals surface area (Å²) >= 11 is 0. The van der Waals surface area contributed by atoms with Gasteiger partial charge < -0.3 is 24.2 Å². The van der Waals surface area contributed by atoms with Crippen molar-refractivity contribution >= 4 is 25.7 Å². The third-order valence-electron chi connectivity index (χ3n) is 12.5. The predicted molar refractivity (Wildman–Crippen MR) is 289 cm³/mol. The molecule has 0 radical (unpaired) electrons. The van der Waals surface area contributed by atoms with E-state index in [1.54, 1.807) is 0 Å². The summed E-state index contributed by atoms with van der Waals surface area (Å²) in [6.45, 7) is 4.60. The van der Waals surface area contributed by atoms with E-state index >= 15 is 0 Å². The average Bonchev–Trinajstić information content (AvgIpc) is 3.35. The zero-order chi connectivity index (χ0) is 51.3. The van der Waals surface area contributed by atoms with Crippen molar-refractivity contribution in [3.63, 3.8) is 0 Å². The van der Waals surface area contributed by atoms with Gasteiger partial charge in [0.2, 0.25) is 0 Å². The highest BCUT2D eigenvalue weighted by Crippen LogP contribution is 2.43. The first-order valence-electron chi connectivity index (χ1n) is 28.9. The topological polar surface area (TPSA) is 155 Å². The molecule has 0 spiro atoms. The highest BCUT2D eigenvalue weighted by atomic mass is 31.2. The third kappa shape index (κ3) is 50.6. The first kappa shape index (κ1) is 67.7. The van der Waals surface area contributed by atoms with Crippen molar-refractivity contribution in [2.24, 2.45) is 0 Å². The molecule has 0 saturated heterocycles. The molecule has 0 bridgehead atoms. The van der Waals surface area contributed by atoms with Crippen molar-refractivity contribution in [2.75, 3.05) is 26.4 Å². The van der Waals surface area contributed by atoms with Crippen LogP contribution in [0.2, 0.25) is 0 Å². The number of phosphoric ester groups is 1. The Morgan fingerprint density at radius 3 is 1.14 bits per heavy atom. The first-order valence-corrected chi connectivity index (χ1v) is 30.4. The highest BCUT2D eigenvalue weighted by molar-refractivity contribution is 7.47. The van der Waals surface area contributed by atoms with Gasteiger partial charge in [-0.25, -0.2) is 4.57 Å². The van der Waals surface area contributed by atoms with Gasteiger partial charge in [0.05, 0.1) is 19.8 Å². The Kier molecular flexibility index (Phi) is 51.3. The van der Waals surface area contributed by atoms with Crippen LogP contribution in [0.1, 0.15) is 278 Å². The Labute approximate surface area is 429 Å². The smallest absolute Gasteiger partial charge is 0.462 e. The molecular formula is C58H107O11P. The van der Waals surface area contributed by atoms with Gasteiger partial charge in [0.1, 0.15) is 12.7 Å². The molecule has 0 aromatic carbocycles. The fourth-order valence-electron chi connectivity index (χ4n) is 8.07. The van der Waals surface area contributed by atoms with Crippen molar-refractivity contribution in [1.82, 2.24) is 0 Å². The Morgan fingerprint density at radius 2 is 0.714 bits per heavy atom. The lowest BCUT2D eigenvalue weighted by atomic mass is 10.0. The summed E-state index contributed by atoms with van der Waals surface area (Å²) in [5.74, 6) is -1.46. The summed E-state index contributed by atoms with van der Waals surface area (Å²) in [6.07, 6.45) is 53.9. The van der Waals surface area contributed by atoms with Crippen molar-refractivity contribution in [1.29, 1.82) is 0 Å². The van der Waals surface area contributed by atoms with Crippen molar-refractivity contribution < 1.29 is 52.2 Å². The number of unbranched alkanes of at least 4 members (excludes halogenated alkanes) is 31. The molecular weight excluding hydrogens is 904 g/mol. The predicted octanol–water partition coefficient (Wildman–Crippen LogP) is 16.8. The van der Waals surface area contributed by atoms with E-state index < -0.39 is 57.8 Å². The van der Waals surface area contributed by atoms with Gasteiger partial charge >= 0.3 is 25.7 Å². The van der Waals surface area contributed by atoms with Gasteiger partial charge in [-0.1, -0.05) is 224 Å². The molecule has 0 aliphatic heterocycles. The molecule has 0 aromatic heterocycles. The second-order valence-electron chi connectivity index (χ2n) is 19.5. The van der Waals surface area contributed by atoms with Crippen molar-refractivity contribution in [2.45, 2.75) is 290 Å². The standard InChI is InChI=1S/C58H107O11P/c1-4-7-10-13-16-19-22-24-26-27-29-30-33-35-38-41-44-47-56(60)65-51-55(69-58(62)49-46-43-40-37-34-31-28-25-23-20-17-14-11-8-5-2)53-67-70(63,64)66-52-54(50-59)68-57(61)48-45-42-39-36-32-21-18-15-12-9-6-3/h15-16,18-19,24,26,54-55,59H,4-14,17,20-23,25,27-53H2,1-3H3,(H,63,64)/b18-15-,19-16-,26-24-. The number of aliphatic hydroxyl groups is 1. The molecule has 0 aliphatic rings. The van der Waals surface area contributed by atoms with Crippen LogP contribution in [0.4, 0.5) is 0 Å². The molecule has 2 N–H and O–H groups in total. The molecule has 0 fully saturated rings. The second-order valence-corrected chi connectivity index (χ2v) is 20.9. The summed E-state index contributed by atoms with van der Waals surface area (Å²) in [5, 5.41) is 9.78. The fourth-order valence-corrected chi connectivity index (χ4v) is 8.86. The average molecular weight is 1010 g/mol. The summed E-state index contributed by atoms with van der Waals surface area (Å²) in [5.41, 5.74) is 0. The van der Waals surface area contributed by atoms with Crippen molar-refractivity contribution in [3.05, 3.63) is 36.5 Å². The van der Waals surface area contributed by atoms with Crippen LogP contribution in [0, 0.1) is 0 Å². The number of allylic oxidation sites excluding steroid dienone is 6. The van der Waals surface area contributed by atoms with E-state index in [2.05, 4.69) is 57.2 Å². The lowest BCUT2D eigenvalue weighted by Crippen LogP contribution is -2.30. The maximum Gasteiger partial charge on any atom is 0.472 e. The number of rotatable bonds is 54. The molecule has 410 valence electrons.